The molecule has 0 atom stereocenters. The molecule has 16 heavy (non-hydrogen) atoms. The highest BCUT2D eigenvalue weighted by Crippen LogP contribution is 2.13. The Morgan fingerprint density at radius 3 is 2.00 bits per heavy atom. The highest BCUT2D eigenvalue weighted by atomic mass is 19.4. The number of carbonyl (C=O) groups excluding carboxylic acids is 2. The zero-order chi connectivity index (χ0) is 13.0. The molecular formula is C9H15F3N2O2. The van der Waals surface area contributed by atoms with Crippen LogP contribution in [0.5, 0.6) is 0 Å². The first kappa shape index (κ1) is 14.7. The van der Waals surface area contributed by atoms with Crippen molar-refractivity contribution in [2.45, 2.75) is 38.9 Å². The average Bonchev–Trinajstić information content (AvgIpc) is 1.98. The Morgan fingerprint density at radius 1 is 1.12 bits per heavy atom. The molecule has 0 saturated heterocycles. The van der Waals surface area contributed by atoms with Crippen LogP contribution in [0.2, 0.25) is 0 Å². The number of amides is 2. The molecule has 7 heteroatoms. The Labute approximate surface area is 91.6 Å². The van der Waals surface area contributed by atoms with E-state index in [1.54, 1.807) is 26.1 Å². The molecule has 0 aromatic carbocycles. The third-order valence-electron chi connectivity index (χ3n) is 1.41. The van der Waals surface area contributed by atoms with Gasteiger partial charge in [0, 0.05) is 18.5 Å². The smallest absolute Gasteiger partial charge is 0.351 e. The van der Waals surface area contributed by atoms with Crippen molar-refractivity contribution in [2.75, 3.05) is 6.54 Å². The molecule has 0 aliphatic rings. The number of alkyl halides is 3. The molecule has 0 fully saturated rings. The van der Waals surface area contributed by atoms with Gasteiger partial charge in [-0.05, 0) is 20.8 Å². The van der Waals surface area contributed by atoms with Crippen molar-refractivity contribution in [3.63, 3.8) is 0 Å². The molecule has 0 rings (SSSR count). The molecule has 0 aliphatic heterocycles. The first-order chi connectivity index (χ1) is 7.02. The standard InChI is InChI=1S/C9H15F3N2O2/c1-8(2,3)14-6(15)4-5-13-7(16)9(10,11)12/h4-5H2,1-3H3,(H,13,16)(H,14,15). The van der Waals surface area contributed by atoms with Crippen LogP contribution >= 0.6 is 0 Å². The molecule has 0 saturated carbocycles. The summed E-state index contributed by atoms with van der Waals surface area (Å²) < 4.78 is 35.2. The predicted octanol–water partition coefficient (Wildman–Crippen LogP) is 0.970. The molecule has 0 unspecified atom stereocenters. The van der Waals surface area contributed by atoms with Gasteiger partial charge in [-0.25, -0.2) is 0 Å². The van der Waals surface area contributed by atoms with Crippen LogP contribution in [0.3, 0.4) is 0 Å². The Hall–Kier alpha value is -1.27. The fourth-order valence-electron chi connectivity index (χ4n) is 0.871. The van der Waals surface area contributed by atoms with Crippen molar-refractivity contribution >= 4 is 11.8 Å². The summed E-state index contributed by atoms with van der Waals surface area (Å²) in [5, 5.41) is 4.17. The number of halogens is 3. The lowest BCUT2D eigenvalue weighted by molar-refractivity contribution is -0.173. The van der Waals surface area contributed by atoms with Gasteiger partial charge >= 0.3 is 12.1 Å². The minimum absolute atomic E-state index is 0.181. The van der Waals surface area contributed by atoms with Gasteiger partial charge in [0.05, 0.1) is 0 Å². The molecule has 0 spiro atoms. The van der Waals surface area contributed by atoms with Gasteiger partial charge in [-0.3, -0.25) is 9.59 Å². The third kappa shape index (κ3) is 7.08. The van der Waals surface area contributed by atoms with Gasteiger partial charge in [0.1, 0.15) is 0 Å². The van der Waals surface area contributed by atoms with Crippen molar-refractivity contribution in [3.8, 4) is 0 Å². The van der Waals surface area contributed by atoms with Crippen LogP contribution in [0.1, 0.15) is 27.2 Å². The van der Waals surface area contributed by atoms with Gasteiger partial charge in [-0.1, -0.05) is 0 Å². The number of nitrogens with one attached hydrogen (secondary N) is 2. The van der Waals surface area contributed by atoms with Crippen LogP contribution in [0.25, 0.3) is 0 Å². The van der Waals surface area contributed by atoms with E-state index in [9.17, 15) is 22.8 Å². The van der Waals surface area contributed by atoms with Crippen LogP contribution in [0.15, 0.2) is 0 Å². The van der Waals surface area contributed by atoms with Crippen LogP contribution < -0.4 is 10.6 Å². The largest absolute Gasteiger partial charge is 0.471 e. The molecule has 0 heterocycles. The maximum atomic E-state index is 11.7. The molecule has 0 radical (unpaired) electrons. The van der Waals surface area contributed by atoms with Crippen molar-refractivity contribution < 1.29 is 22.8 Å². The Kier molecular flexibility index (Phi) is 4.77. The molecule has 2 N–H and O–H groups in total. The van der Waals surface area contributed by atoms with E-state index in [1.807, 2.05) is 0 Å². The molecule has 0 aromatic rings. The minimum Gasteiger partial charge on any atom is -0.351 e. The highest BCUT2D eigenvalue weighted by molar-refractivity contribution is 5.82. The SMILES string of the molecule is CC(C)(C)NC(=O)CCNC(=O)C(F)(F)F. The second kappa shape index (κ2) is 5.18. The minimum atomic E-state index is -4.90. The highest BCUT2D eigenvalue weighted by Gasteiger charge is 2.38. The third-order valence-corrected chi connectivity index (χ3v) is 1.41. The van der Waals surface area contributed by atoms with Gasteiger partial charge in [0.25, 0.3) is 0 Å². The van der Waals surface area contributed by atoms with Crippen molar-refractivity contribution in [3.05, 3.63) is 0 Å². The summed E-state index contributed by atoms with van der Waals surface area (Å²) in [5.41, 5.74) is -0.439. The Bertz CT molecular complexity index is 269. The van der Waals surface area contributed by atoms with E-state index >= 15 is 0 Å². The second-order valence-corrected chi connectivity index (χ2v) is 4.30. The average molecular weight is 240 g/mol. The van der Waals surface area contributed by atoms with Crippen molar-refractivity contribution in [1.29, 1.82) is 0 Å². The normalized spacial score (nSPS) is 12.1. The van der Waals surface area contributed by atoms with Crippen LogP contribution in [-0.2, 0) is 9.59 Å². The molecule has 2 amide bonds. The van der Waals surface area contributed by atoms with Crippen LogP contribution in [0, 0.1) is 0 Å². The molecule has 0 bridgehead atoms. The van der Waals surface area contributed by atoms with E-state index in [-0.39, 0.29) is 13.0 Å². The van der Waals surface area contributed by atoms with Crippen molar-refractivity contribution in [1.82, 2.24) is 10.6 Å². The van der Waals surface area contributed by atoms with E-state index in [0.29, 0.717) is 0 Å². The number of carbonyl (C=O) groups is 2. The monoisotopic (exact) mass is 240 g/mol. The summed E-state index contributed by atoms with van der Waals surface area (Å²) in [5.74, 6) is -2.44. The first-order valence-corrected chi connectivity index (χ1v) is 4.68. The first-order valence-electron chi connectivity index (χ1n) is 4.68. The topological polar surface area (TPSA) is 58.2 Å². The summed E-state index contributed by atoms with van der Waals surface area (Å²) >= 11 is 0. The van der Waals surface area contributed by atoms with Crippen LogP contribution in [-0.4, -0.2) is 30.1 Å². The van der Waals surface area contributed by atoms with E-state index in [1.165, 1.54) is 0 Å². The zero-order valence-electron chi connectivity index (χ0n) is 9.36. The fourth-order valence-corrected chi connectivity index (χ4v) is 0.871. The van der Waals surface area contributed by atoms with Gasteiger partial charge < -0.3 is 10.6 Å². The Balaban J connectivity index is 3.84. The van der Waals surface area contributed by atoms with Gasteiger partial charge in [-0.15, -0.1) is 0 Å². The van der Waals surface area contributed by atoms with E-state index < -0.39 is 23.5 Å². The number of hydrogen-bond acceptors (Lipinski definition) is 2. The fraction of sp³-hybridized carbons (Fsp3) is 0.778. The molecule has 94 valence electrons. The quantitative estimate of drug-likeness (QED) is 0.772. The van der Waals surface area contributed by atoms with Gasteiger partial charge in [0.15, 0.2) is 0 Å². The lowest BCUT2D eigenvalue weighted by atomic mass is 10.1. The molecule has 0 aliphatic carbocycles. The zero-order valence-corrected chi connectivity index (χ0v) is 9.36. The van der Waals surface area contributed by atoms with Crippen LogP contribution in [0.4, 0.5) is 13.2 Å². The number of rotatable bonds is 3. The maximum absolute atomic E-state index is 11.7. The lowest BCUT2D eigenvalue weighted by Crippen LogP contribution is -2.43. The Morgan fingerprint density at radius 2 is 1.62 bits per heavy atom. The van der Waals surface area contributed by atoms with E-state index in [2.05, 4.69) is 5.32 Å². The van der Waals surface area contributed by atoms with Gasteiger partial charge in [-0.2, -0.15) is 13.2 Å². The summed E-state index contributed by atoms with van der Waals surface area (Å²) in [4.78, 5) is 21.5. The molecule has 0 aromatic heterocycles. The second-order valence-electron chi connectivity index (χ2n) is 4.30. The van der Waals surface area contributed by atoms with Gasteiger partial charge in [0.2, 0.25) is 5.91 Å². The van der Waals surface area contributed by atoms with E-state index in [4.69, 9.17) is 0 Å². The van der Waals surface area contributed by atoms with E-state index in [0.717, 1.165) is 0 Å². The summed E-state index contributed by atoms with van der Waals surface area (Å²) in [7, 11) is 0. The summed E-state index contributed by atoms with van der Waals surface area (Å²) in [6.45, 7) is 4.91. The molecule has 4 nitrogen and oxygen atoms in total. The lowest BCUT2D eigenvalue weighted by Gasteiger charge is -2.20. The number of hydrogen-bond donors (Lipinski definition) is 2. The summed E-state index contributed by atoms with van der Waals surface area (Å²) in [6.07, 6.45) is -5.08. The maximum Gasteiger partial charge on any atom is 0.471 e. The summed E-state index contributed by atoms with van der Waals surface area (Å²) in [6, 6.07) is 0. The van der Waals surface area contributed by atoms with Crippen molar-refractivity contribution in [2.24, 2.45) is 0 Å². The predicted molar refractivity (Wildman–Crippen MR) is 51.6 cm³/mol. The molecular weight excluding hydrogens is 225 g/mol.